The summed E-state index contributed by atoms with van der Waals surface area (Å²) in [7, 11) is 3.08. The van der Waals surface area contributed by atoms with Crippen molar-refractivity contribution in [2.45, 2.75) is 39.5 Å². The lowest BCUT2D eigenvalue weighted by atomic mass is 9.95. The number of aryl methyl sites for hydroxylation is 1. The predicted octanol–water partition coefficient (Wildman–Crippen LogP) is 6.31. The highest BCUT2D eigenvalue weighted by Gasteiger charge is 2.27. The Morgan fingerprint density at radius 2 is 1.62 bits per heavy atom. The Balaban J connectivity index is 0.00000158. The van der Waals surface area contributed by atoms with Gasteiger partial charge < -0.3 is 20.1 Å². The van der Waals surface area contributed by atoms with Gasteiger partial charge in [0, 0.05) is 16.5 Å². The molecular formula is C26H29FN2O4S. The number of nitrogens with one attached hydrogen (secondary N) is 2. The first-order valence-electron chi connectivity index (χ1n) is 11.2. The van der Waals surface area contributed by atoms with Crippen LogP contribution in [0.25, 0.3) is 0 Å². The fraction of sp³-hybridized carbons (Fsp3) is 0.308. The summed E-state index contributed by atoms with van der Waals surface area (Å²) in [5, 5.41) is 6.27. The van der Waals surface area contributed by atoms with Crippen LogP contribution in [0.1, 0.15) is 57.8 Å². The minimum atomic E-state index is -0.415. The molecule has 0 fully saturated rings. The van der Waals surface area contributed by atoms with Crippen molar-refractivity contribution < 1.29 is 23.5 Å². The predicted molar refractivity (Wildman–Crippen MR) is 134 cm³/mol. The number of carbonyl (C=O) groups is 2. The quantitative estimate of drug-likeness (QED) is 0.430. The SMILES string of the molecule is CC.COc1ccc(NC(=O)c2c(NC(=O)c3ccc(F)cc3)sc3c2CCCC3)c(OC)c1. The van der Waals surface area contributed by atoms with E-state index >= 15 is 0 Å². The maximum atomic E-state index is 13.4. The smallest absolute Gasteiger partial charge is 0.259 e. The molecule has 2 aromatic carbocycles. The van der Waals surface area contributed by atoms with Crippen molar-refractivity contribution in [3.05, 3.63) is 69.8 Å². The highest BCUT2D eigenvalue weighted by molar-refractivity contribution is 7.17. The highest BCUT2D eigenvalue weighted by atomic mass is 32.1. The average Bonchev–Trinajstić information content (AvgIpc) is 3.23. The van der Waals surface area contributed by atoms with Crippen LogP contribution in [0.3, 0.4) is 0 Å². The largest absolute Gasteiger partial charge is 0.497 e. The van der Waals surface area contributed by atoms with Gasteiger partial charge >= 0.3 is 0 Å². The van der Waals surface area contributed by atoms with E-state index in [4.69, 9.17) is 9.47 Å². The third-order valence-electron chi connectivity index (χ3n) is 5.39. The van der Waals surface area contributed by atoms with Gasteiger partial charge in [-0.25, -0.2) is 4.39 Å². The third-order valence-corrected chi connectivity index (χ3v) is 6.60. The van der Waals surface area contributed by atoms with Crippen molar-refractivity contribution in [2.24, 2.45) is 0 Å². The molecule has 1 aromatic heterocycles. The number of rotatable bonds is 6. The lowest BCUT2D eigenvalue weighted by molar-refractivity contribution is 0.102. The van der Waals surface area contributed by atoms with Crippen molar-refractivity contribution >= 4 is 33.8 Å². The molecule has 1 heterocycles. The lowest BCUT2D eigenvalue weighted by Crippen LogP contribution is -2.19. The van der Waals surface area contributed by atoms with Gasteiger partial charge in [0.2, 0.25) is 0 Å². The molecule has 0 saturated carbocycles. The second-order valence-electron chi connectivity index (χ2n) is 7.40. The summed E-state index contributed by atoms with van der Waals surface area (Å²) in [5.41, 5.74) is 2.27. The van der Waals surface area contributed by atoms with Gasteiger partial charge in [-0.15, -0.1) is 11.3 Å². The van der Waals surface area contributed by atoms with E-state index in [9.17, 15) is 14.0 Å². The number of hydrogen-bond acceptors (Lipinski definition) is 5. The number of halogens is 1. The molecule has 180 valence electrons. The van der Waals surface area contributed by atoms with Crippen molar-refractivity contribution in [2.75, 3.05) is 24.9 Å². The molecule has 0 spiro atoms. The second-order valence-corrected chi connectivity index (χ2v) is 8.50. The molecule has 2 N–H and O–H groups in total. The summed E-state index contributed by atoms with van der Waals surface area (Å²) in [6, 6.07) is 10.4. The Morgan fingerprint density at radius 3 is 2.29 bits per heavy atom. The van der Waals surface area contributed by atoms with Gasteiger partial charge in [0.15, 0.2) is 0 Å². The van der Waals surface area contributed by atoms with E-state index in [2.05, 4.69) is 10.6 Å². The van der Waals surface area contributed by atoms with Gasteiger partial charge in [-0.2, -0.15) is 0 Å². The van der Waals surface area contributed by atoms with E-state index in [1.54, 1.807) is 25.3 Å². The summed E-state index contributed by atoms with van der Waals surface area (Å²) >= 11 is 1.42. The topological polar surface area (TPSA) is 76.7 Å². The van der Waals surface area contributed by atoms with E-state index in [0.29, 0.717) is 33.3 Å². The molecule has 0 atom stereocenters. The van der Waals surface area contributed by atoms with Crippen molar-refractivity contribution in [3.63, 3.8) is 0 Å². The molecular weight excluding hydrogens is 455 g/mol. The first-order chi connectivity index (χ1) is 16.5. The minimum Gasteiger partial charge on any atom is -0.497 e. The summed E-state index contributed by atoms with van der Waals surface area (Å²) < 4.78 is 23.8. The molecule has 1 aliphatic rings. The van der Waals surface area contributed by atoms with Crippen LogP contribution in [-0.4, -0.2) is 26.0 Å². The maximum Gasteiger partial charge on any atom is 0.259 e. The number of hydrogen-bond donors (Lipinski definition) is 2. The molecule has 2 amide bonds. The highest BCUT2D eigenvalue weighted by Crippen LogP contribution is 2.39. The zero-order valence-electron chi connectivity index (χ0n) is 19.8. The van der Waals surface area contributed by atoms with Crippen LogP contribution in [-0.2, 0) is 12.8 Å². The van der Waals surface area contributed by atoms with Gasteiger partial charge in [-0.1, -0.05) is 13.8 Å². The zero-order chi connectivity index (χ0) is 24.7. The van der Waals surface area contributed by atoms with Crippen LogP contribution in [0.15, 0.2) is 42.5 Å². The Bertz CT molecular complexity index is 1160. The number of ether oxygens (including phenoxy) is 2. The van der Waals surface area contributed by atoms with Crippen LogP contribution in [0.5, 0.6) is 11.5 Å². The number of carbonyl (C=O) groups excluding carboxylic acids is 2. The zero-order valence-corrected chi connectivity index (χ0v) is 20.6. The first kappa shape index (κ1) is 25.2. The van der Waals surface area contributed by atoms with Gasteiger partial charge in [0.1, 0.15) is 22.3 Å². The fourth-order valence-corrected chi connectivity index (χ4v) is 5.04. The van der Waals surface area contributed by atoms with Crippen molar-refractivity contribution in [1.82, 2.24) is 0 Å². The number of anilines is 2. The lowest BCUT2D eigenvalue weighted by Gasteiger charge is -2.15. The van der Waals surface area contributed by atoms with Crippen LogP contribution >= 0.6 is 11.3 Å². The number of methoxy groups -OCH3 is 2. The van der Waals surface area contributed by atoms with E-state index in [-0.39, 0.29) is 11.8 Å². The second kappa shape index (κ2) is 11.7. The number of fused-ring (bicyclic) bond motifs is 1. The molecule has 0 aliphatic heterocycles. The molecule has 6 nitrogen and oxygen atoms in total. The van der Waals surface area contributed by atoms with E-state index in [1.807, 2.05) is 13.8 Å². The first-order valence-corrected chi connectivity index (χ1v) is 12.1. The molecule has 1 aliphatic carbocycles. The average molecular weight is 485 g/mol. The van der Waals surface area contributed by atoms with E-state index in [0.717, 1.165) is 36.1 Å². The summed E-state index contributed by atoms with van der Waals surface area (Å²) in [4.78, 5) is 27.2. The van der Waals surface area contributed by atoms with Gasteiger partial charge in [-0.3, -0.25) is 9.59 Å². The number of amides is 2. The van der Waals surface area contributed by atoms with Crippen LogP contribution in [0, 0.1) is 5.82 Å². The third kappa shape index (κ3) is 5.56. The van der Waals surface area contributed by atoms with Crippen LogP contribution in [0.2, 0.25) is 0 Å². The molecule has 34 heavy (non-hydrogen) atoms. The standard InChI is InChI=1S/C24H23FN2O4S.C2H6/c1-30-16-11-12-18(19(13-16)31-2)26-23(29)21-17-5-3-4-6-20(17)32-24(21)27-22(28)14-7-9-15(25)10-8-14;1-2/h7-13H,3-6H2,1-2H3,(H,26,29)(H,27,28);1-2H3. The molecule has 4 rings (SSSR count). The molecule has 0 radical (unpaired) electrons. The normalized spacial score (nSPS) is 12.0. The molecule has 0 unspecified atom stereocenters. The van der Waals surface area contributed by atoms with Gasteiger partial charge in [0.05, 0.1) is 25.5 Å². The van der Waals surface area contributed by atoms with Crippen molar-refractivity contribution in [3.8, 4) is 11.5 Å². The Hall–Kier alpha value is -3.39. The maximum absolute atomic E-state index is 13.4. The molecule has 0 saturated heterocycles. The summed E-state index contributed by atoms with van der Waals surface area (Å²) in [6.07, 6.45) is 3.69. The van der Waals surface area contributed by atoms with Gasteiger partial charge in [0.25, 0.3) is 11.8 Å². The monoisotopic (exact) mass is 484 g/mol. The Morgan fingerprint density at radius 1 is 0.912 bits per heavy atom. The minimum absolute atomic E-state index is 0.317. The van der Waals surface area contributed by atoms with Crippen LogP contribution < -0.4 is 20.1 Å². The summed E-state index contributed by atoms with van der Waals surface area (Å²) in [5.74, 6) is -0.0395. The van der Waals surface area contributed by atoms with Gasteiger partial charge in [-0.05, 0) is 67.6 Å². The number of thiophene rings is 1. The Kier molecular flexibility index (Phi) is 8.65. The molecule has 3 aromatic rings. The number of benzene rings is 2. The van der Waals surface area contributed by atoms with Crippen molar-refractivity contribution in [1.29, 1.82) is 0 Å². The van der Waals surface area contributed by atoms with E-state index in [1.165, 1.54) is 42.7 Å². The molecule has 8 heteroatoms. The molecule has 0 bridgehead atoms. The Labute approximate surface area is 203 Å². The summed E-state index contributed by atoms with van der Waals surface area (Å²) in [6.45, 7) is 4.00. The van der Waals surface area contributed by atoms with Crippen LogP contribution in [0.4, 0.5) is 15.1 Å². The van der Waals surface area contributed by atoms with E-state index < -0.39 is 5.82 Å². The fourth-order valence-electron chi connectivity index (χ4n) is 3.76.